The molecular weight excluding hydrogens is 536 g/mol. The van der Waals surface area contributed by atoms with Crippen LogP contribution in [0.3, 0.4) is 0 Å². The molecule has 0 amide bonds. The molecule has 0 bridgehead atoms. The molecule has 0 aliphatic rings. The zero-order valence-corrected chi connectivity index (χ0v) is 25.2. The average molecular weight is 573 g/mol. The summed E-state index contributed by atoms with van der Waals surface area (Å²) < 4.78 is 45.0. The van der Waals surface area contributed by atoms with Crippen LogP contribution in [0.25, 0.3) is 11.1 Å². The fourth-order valence-electron chi connectivity index (χ4n) is 4.88. The van der Waals surface area contributed by atoms with Gasteiger partial charge in [0.1, 0.15) is 0 Å². The maximum Gasteiger partial charge on any atom is 0.161 e. The van der Waals surface area contributed by atoms with Crippen LogP contribution in [0.4, 0.5) is 0 Å². The maximum absolute atomic E-state index is 5.70. The molecule has 0 atom stereocenters. The average Bonchev–Trinajstić information content (AvgIpc) is 3.05. The second kappa shape index (κ2) is 13.6. The van der Waals surface area contributed by atoms with Crippen molar-refractivity contribution in [2.45, 2.75) is 0 Å². The molecule has 4 aromatic carbocycles. The Labute approximate surface area is 246 Å². The fraction of sp³-hybridized carbons (Fsp3) is 0.235. The lowest BCUT2D eigenvalue weighted by atomic mass is 9.85. The maximum atomic E-state index is 5.70. The lowest BCUT2D eigenvalue weighted by Gasteiger charge is -2.21. The monoisotopic (exact) mass is 572 g/mol. The Morgan fingerprint density at radius 1 is 0.286 bits per heavy atom. The van der Waals surface area contributed by atoms with Crippen molar-refractivity contribution in [2.24, 2.45) is 0 Å². The number of hydrogen-bond donors (Lipinski definition) is 0. The van der Waals surface area contributed by atoms with E-state index in [1.807, 2.05) is 72.8 Å². The van der Waals surface area contributed by atoms with Crippen molar-refractivity contribution in [3.8, 4) is 46.0 Å². The standard InChI is InChI=1S/C34H36O8/c1-35-25-13-9-21(17-29(25)39-5)33(22-10-14-26(36-2)30(18-22)40-6)34(23-11-15-27(37-3)31(19-23)41-7)24-12-16-28(38-4)32(20-24)42-8/h9-20H,1-8H3. The molecule has 220 valence electrons. The van der Waals surface area contributed by atoms with Gasteiger partial charge in [0.2, 0.25) is 0 Å². The minimum absolute atomic E-state index is 0.590. The van der Waals surface area contributed by atoms with Crippen molar-refractivity contribution in [1.82, 2.24) is 0 Å². The van der Waals surface area contributed by atoms with Gasteiger partial charge in [0.25, 0.3) is 0 Å². The van der Waals surface area contributed by atoms with Crippen LogP contribution >= 0.6 is 0 Å². The molecule has 8 heteroatoms. The molecule has 0 N–H and O–H groups in total. The van der Waals surface area contributed by atoms with Crippen LogP contribution in [0.1, 0.15) is 22.3 Å². The van der Waals surface area contributed by atoms with Crippen molar-refractivity contribution in [2.75, 3.05) is 56.9 Å². The third kappa shape index (κ3) is 5.88. The molecule has 0 aromatic heterocycles. The van der Waals surface area contributed by atoms with Crippen molar-refractivity contribution < 1.29 is 37.9 Å². The SMILES string of the molecule is COc1ccc(C(=C(c2ccc(OC)c(OC)c2)c2ccc(OC)c(OC)c2)c2ccc(OC)c(OC)c2)cc1OC. The van der Waals surface area contributed by atoms with Gasteiger partial charge < -0.3 is 37.9 Å². The van der Waals surface area contributed by atoms with Gasteiger partial charge in [-0.1, -0.05) is 24.3 Å². The van der Waals surface area contributed by atoms with E-state index < -0.39 is 0 Å². The van der Waals surface area contributed by atoms with E-state index in [0.29, 0.717) is 46.0 Å². The van der Waals surface area contributed by atoms with E-state index in [2.05, 4.69) is 0 Å². The normalized spacial score (nSPS) is 10.4. The summed E-state index contributed by atoms with van der Waals surface area (Å²) in [5, 5.41) is 0. The van der Waals surface area contributed by atoms with E-state index >= 15 is 0 Å². The number of rotatable bonds is 12. The lowest BCUT2D eigenvalue weighted by molar-refractivity contribution is 0.354. The first-order valence-corrected chi connectivity index (χ1v) is 13.1. The Hall–Kier alpha value is -4.98. The summed E-state index contributed by atoms with van der Waals surface area (Å²) >= 11 is 0. The van der Waals surface area contributed by atoms with E-state index in [1.54, 1.807) is 56.9 Å². The number of ether oxygens (including phenoxy) is 8. The lowest BCUT2D eigenvalue weighted by Crippen LogP contribution is -2.02. The van der Waals surface area contributed by atoms with Crippen LogP contribution < -0.4 is 37.9 Å². The highest BCUT2D eigenvalue weighted by Gasteiger charge is 2.22. The smallest absolute Gasteiger partial charge is 0.161 e. The van der Waals surface area contributed by atoms with Gasteiger partial charge in [-0.3, -0.25) is 0 Å². The van der Waals surface area contributed by atoms with E-state index in [9.17, 15) is 0 Å². The molecule has 0 saturated heterocycles. The van der Waals surface area contributed by atoms with Crippen molar-refractivity contribution in [3.05, 3.63) is 95.1 Å². The Bertz CT molecular complexity index is 1340. The quantitative estimate of drug-likeness (QED) is 0.172. The largest absolute Gasteiger partial charge is 0.493 e. The summed E-state index contributed by atoms with van der Waals surface area (Å²) in [5.41, 5.74) is 5.27. The highest BCUT2D eigenvalue weighted by molar-refractivity contribution is 6.05. The van der Waals surface area contributed by atoms with E-state index in [1.165, 1.54) is 0 Å². The molecule has 4 aromatic rings. The summed E-state index contributed by atoms with van der Waals surface area (Å²) in [6.07, 6.45) is 0. The molecule has 0 spiro atoms. The fourth-order valence-corrected chi connectivity index (χ4v) is 4.88. The molecule has 0 heterocycles. The number of hydrogen-bond acceptors (Lipinski definition) is 8. The van der Waals surface area contributed by atoms with Crippen LogP contribution in [0.5, 0.6) is 46.0 Å². The number of methoxy groups -OCH3 is 8. The van der Waals surface area contributed by atoms with Crippen molar-refractivity contribution in [1.29, 1.82) is 0 Å². The summed E-state index contributed by atoms with van der Waals surface area (Å²) in [5.74, 6) is 4.83. The van der Waals surface area contributed by atoms with E-state index in [-0.39, 0.29) is 0 Å². The molecule has 42 heavy (non-hydrogen) atoms. The van der Waals surface area contributed by atoms with Crippen LogP contribution in [-0.4, -0.2) is 56.9 Å². The first-order chi connectivity index (χ1) is 20.5. The summed E-state index contributed by atoms with van der Waals surface area (Å²) in [6.45, 7) is 0. The third-order valence-electron chi connectivity index (χ3n) is 6.94. The zero-order chi connectivity index (χ0) is 30.2. The third-order valence-corrected chi connectivity index (χ3v) is 6.94. The first-order valence-electron chi connectivity index (χ1n) is 13.1. The molecule has 0 saturated carbocycles. The summed E-state index contributed by atoms with van der Waals surface area (Å²) in [7, 11) is 12.9. The Kier molecular flexibility index (Phi) is 9.70. The predicted molar refractivity (Wildman–Crippen MR) is 163 cm³/mol. The molecule has 0 radical (unpaired) electrons. The van der Waals surface area contributed by atoms with Crippen LogP contribution in [-0.2, 0) is 0 Å². The Balaban J connectivity index is 2.20. The van der Waals surface area contributed by atoms with Gasteiger partial charge in [-0.15, -0.1) is 0 Å². The van der Waals surface area contributed by atoms with Gasteiger partial charge in [-0.25, -0.2) is 0 Å². The van der Waals surface area contributed by atoms with Crippen molar-refractivity contribution in [3.63, 3.8) is 0 Å². The zero-order valence-electron chi connectivity index (χ0n) is 25.2. The number of benzene rings is 4. The van der Waals surface area contributed by atoms with Crippen molar-refractivity contribution >= 4 is 11.1 Å². The van der Waals surface area contributed by atoms with Gasteiger partial charge in [-0.05, 0) is 81.9 Å². The van der Waals surface area contributed by atoms with E-state index in [0.717, 1.165) is 33.4 Å². The molecule has 0 fully saturated rings. The predicted octanol–water partition coefficient (Wildman–Crippen LogP) is 6.76. The van der Waals surface area contributed by atoms with Gasteiger partial charge in [0.05, 0.1) is 56.9 Å². The second-order valence-electron chi connectivity index (χ2n) is 9.03. The summed E-state index contributed by atoms with van der Waals surface area (Å²) in [6, 6.07) is 23.3. The Morgan fingerprint density at radius 3 is 0.643 bits per heavy atom. The molecule has 4 rings (SSSR count). The minimum Gasteiger partial charge on any atom is -0.493 e. The van der Waals surface area contributed by atoms with Gasteiger partial charge >= 0.3 is 0 Å². The molecular formula is C34H36O8. The van der Waals surface area contributed by atoms with E-state index in [4.69, 9.17) is 37.9 Å². The van der Waals surface area contributed by atoms with Gasteiger partial charge in [-0.2, -0.15) is 0 Å². The highest BCUT2D eigenvalue weighted by Crippen LogP contribution is 2.44. The molecule has 0 unspecified atom stereocenters. The molecule has 8 nitrogen and oxygen atoms in total. The van der Waals surface area contributed by atoms with Gasteiger partial charge in [0, 0.05) is 0 Å². The first kappa shape index (κ1) is 30.0. The topological polar surface area (TPSA) is 73.8 Å². The minimum atomic E-state index is 0.590. The van der Waals surface area contributed by atoms with Crippen LogP contribution in [0.2, 0.25) is 0 Å². The molecule has 0 aliphatic carbocycles. The Morgan fingerprint density at radius 2 is 0.476 bits per heavy atom. The highest BCUT2D eigenvalue weighted by atomic mass is 16.5. The van der Waals surface area contributed by atoms with Crippen LogP contribution in [0.15, 0.2) is 72.8 Å². The molecule has 0 aliphatic heterocycles. The second-order valence-corrected chi connectivity index (χ2v) is 9.03. The van der Waals surface area contributed by atoms with Gasteiger partial charge in [0.15, 0.2) is 46.0 Å². The summed E-state index contributed by atoms with van der Waals surface area (Å²) in [4.78, 5) is 0. The van der Waals surface area contributed by atoms with Crippen LogP contribution in [0, 0.1) is 0 Å².